The molecular formula is C13H9BrN2. The normalized spacial score (nSPS) is 11.1. The van der Waals surface area contributed by atoms with Crippen molar-refractivity contribution in [3.05, 3.63) is 48.0 Å². The average molecular weight is 273 g/mol. The van der Waals surface area contributed by atoms with Gasteiger partial charge in [-0.05, 0) is 29.8 Å². The summed E-state index contributed by atoms with van der Waals surface area (Å²) in [5.41, 5.74) is 5.01. The van der Waals surface area contributed by atoms with Crippen LogP contribution in [0.4, 0.5) is 0 Å². The summed E-state index contributed by atoms with van der Waals surface area (Å²) < 4.78 is 0. The van der Waals surface area contributed by atoms with Gasteiger partial charge < -0.3 is 0 Å². The van der Waals surface area contributed by atoms with Gasteiger partial charge in [0.05, 0.1) is 22.1 Å². The lowest BCUT2D eigenvalue weighted by Gasteiger charge is -2.02. The molecule has 2 aromatic carbocycles. The van der Waals surface area contributed by atoms with E-state index in [9.17, 15) is 0 Å². The predicted octanol–water partition coefficient (Wildman–Crippen LogP) is 3.68. The third kappa shape index (κ3) is 1.57. The Morgan fingerprint density at radius 1 is 0.812 bits per heavy atom. The number of benzene rings is 2. The van der Waals surface area contributed by atoms with E-state index in [2.05, 4.69) is 38.0 Å². The molecule has 0 bridgehead atoms. The summed E-state index contributed by atoms with van der Waals surface area (Å²) >= 11 is 3.44. The van der Waals surface area contributed by atoms with E-state index < -0.39 is 0 Å². The Balaban J connectivity index is 2.37. The Labute approximate surface area is 101 Å². The van der Waals surface area contributed by atoms with Gasteiger partial charge >= 0.3 is 0 Å². The van der Waals surface area contributed by atoms with Gasteiger partial charge in [0.2, 0.25) is 0 Å². The Morgan fingerprint density at radius 2 is 1.44 bits per heavy atom. The van der Waals surface area contributed by atoms with Crippen molar-refractivity contribution < 1.29 is 0 Å². The molecule has 0 atom stereocenters. The number of hydrogen-bond acceptors (Lipinski definition) is 2. The molecule has 0 aliphatic carbocycles. The summed E-state index contributed by atoms with van der Waals surface area (Å²) in [6.45, 7) is 0. The molecular weight excluding hydrogens is 264 g/mol. The Hall–Kier alpha value is -1.48. The van der Waals surface area contributed by atoms with Crippen LogP contribution in [0.1, 0.15) is 5.56 Å². The van der Waals surface area contributed by atoms with Crippen molar-refractivity contribution in [2.45, 2.75) is 5.33 Å². The van der Waals surface area contributed by atoms with E-state index in [4.69, 9.17) is 0 Å². The molecule has 0 saturated heterocycles. The van der Waals surface area contributed by atoms with Crippen LogP contribution >= 0.6 is 15.9 Å². The minimum Gasteiger partial charge on any atom is -0.245 e. The maximum Gasteiger partial charge on any atom is 0.0897 e. The van der Waals surface area contributed by atoms with Crippen molar-refractivity contribution in [3.63, 3.8) is 0 Å². The molecule has 0 fully saturated rings. The van der Waals surface area contributed by atoms with Crippen LogP contribution < -0.4 is 0 Å². The Morgan fingerprint density at radius 3 is 2.12 bits per heavy atom. The lowest BCUT2D eigenvalue weighted by atomic mass is 10.2. The largest absolute Gasteiger partial charge is 0.245 e. The Bertz CT molecular complexity index is 664. The number of para-hydroxylation sites is 2. The smallest absolute Gasteiger partial charge is 0.0897 e. The van der Waals surface area contributed by atoms with Gasteiger partial charge in [-0.25, -0.2) is 9.97 Å². The number of alkyl halides is 1. The zero-order chi connectivity index (χ0) is 11.0. The lowest BCUT2D eigenvalue weighted by Crippen LogP contribution is -1.88. The summed E-state index contributed by atoms with van der Waals surface area (Å²) in [7, 11) is 0. The second-order valence-electron chi connectivity index (χ2n) is 3.67. The Kier molecular flexibility index (Phi) is 2.33. The van der Waals surface area contributed by atoms with Crippen LogP contribution in [0.2, 0.25) is 0 Å². The molecule has 3 heteroatoms. The lowest BCUT2D eigenvalue weighted by molar-refractivity contribution is 1.36. The van der Waals surface area contributed by atoms with Crippen LogP contribution in [0.3, 0.4) is 0 Å². The second kappa shape index (κ2) is 3.83. The number of halogens is 1. The van der Waals surface area contributed by atoms with Crippen LogP contribution in [0.15, 0.2) is 42.5 Å². The molecule has 0 spiro atoms. The predicted molar refractivity (Wildman–Crippen MR) is 69.7 cm³/mol. The molecule has 0 saturated carbocycles. The first-order valence-electron chi connectivity index (χ1n) is 5.08. The first-order valence-corrected chi connectivity index (χ1v) is 6.20. The van der Waals surface area contributed by atoms with E-state index in [1.807, 2.05) is 30.3 Å². The van der Waals surface area contributed by atoms with E-state index in [1.54, 1.807) is 0 Å². The molecule has 0 amide bonds. The van der Waals surface area contributed by atoms with Crippen LogP contribution in [-0.2, 0) is 5.33 Å². The van der Waals surface area contributed by atoms with Gasteiger partial charge in [0.1, 0.15) is 0 Å². The highest BCUT2D eigenvalue weighted by Gasteiger charge is 2.01. The van der Waals surface area contributed by atoms with Gasteiger partial charge in [0, 0.05) is 5.33 Å². The van der Waals surface area contributed by atoms with Gasteiger partial charge in [0.15, 0.2) is 0 Å². The summed E-state index contributed by atoms with van der Waals surface area (Å²) in [5, 5.41) is 0.845. The molecule has 0 radical (unpaired) electrons. The van der Waals surface area contributed by atoms with Crippen LogP contribution in [0.5, 0.6) is 0 Å². The maximum atomic E-state index is 4.60. The minimum absolute atomic E-state index is 0.845. The maximum absolute atomic E-state index is 4.60. The van der Waals surface area contributed by atoms with Crippen molar-refractivity contribution in [1.29, 1.82) is 0 Å². The number of fused-ring (bicyclic) bond motifs is 2. The van der Waals surface area contributed by atoms with Gasteiger partial charge in [-0.15, -0.1) is 0 Å². The monoisotopic (exact) mass is 272 g/mol. The zero-order valence-electron chi connectivity index (χ0n) is 8.52. The van der Waals surface area contributed by atoms with Crippen LogP contribution in [0.25, 0.3) is 22.1 Å². The van der Waals surface area contributed by atoms with Crippen LogP contribution in [-0.4, -0.2) is 9.97 Å². The fourth-order valence-electron chi connectivity index (χ4n) is 1.75. The first-order chi connectivity index (χ1) is 7.86. The first kappa shape index (κ1) is 9.73. The molecule has 1 heterocycles. The molecule has 0 aliphatic heterocycles. The molecule has 1 aromatic heterocycles. The summed E-state index contributed by atoms with van der Waals surface area (Å²) in [5.74, 6) is 0. The highest BCUT2D eigenvalue weighted by Crippen LogP contribution is 2.18. The summed E-state index contributed by atoms with van der Waals surface area (Å²) in [6.07, 6.45) is 0. The highest BCUT2D eigenvalue weighted by molar-refractivity contribution is 9.08. The molecule has 78 valence electrons. The van der Waals surface area contributed by atoms with E-state index in [-0.39, 0.29) is 0 Å². The number of nitrogens with zero attached hydrogens (tertiary/aromatic N) is 2. The van der Waals surface area contributed by atoms with Crippen molar-refractivity contribution >= 4 is 38.0 Å². The van der Waals surface area contributed by atoms with Gasteiger partial charge in [-0.2, -0.15) is 0 Å². The molecule has 0 N–H and O–H groups in total. The van der Waals surface area contributed by atoms with Crippen molar-refractivity contribution in [1.82, 2.24) is 9.97 Å². The number of hydrogen-bond donors (Lipinski definition) is 0. The molecule has 3 rings (SSSR count). The SMILES string of the molecule is BrCc1ccc2nc3ccccc3nc2c1. The van der Waals surface area contributed by atoms with Crippen LogP contribution in [0, 0.1) is 0 Å². The van der Waals surface area contributed by atoms with Crippen molar-refractivity contribution in [2.24, 2.45) is 0 Å². The third-order valence-corrected chi connectivity index (χ3v) is 3.21. The fourth-order valence-corrected chi connectivity index (χ4v) is 2.10. The molecule has 0 unspecified atom stereocenters. The average Bonchev–Trinajstić information content (AvgIpc) is 2.35. The van der Waals surface area contributed by atoms with E-state index in [1.165, 1.54) is 5.56 Å². The molecule has 2 nitrogen and oxygen atoms in total. The second-order valence-corrected chi connectivity index (χ2v) is 4.23. The third-order valence-electron chi connectivity index (χ3n) is 2.56. The number of aromatic nitrogens is 2. The van der Waals surface area contributed by atoms with E-state index in [0.29, 0.717) is 0 Å². The van der Waals surface area contributed by atoms with Crippen molar-refractivity contribution in [3.8, 4) is 0 Å². The highest BCUT2D eigenvalue weighted by atomic mass is 79.9. The van der Waals surface area contributed by atoms with Gasteiger partial charge in [-0.1, -0.05) is 34.1 Å². The summed E-state index contributed by atoms with van der Waals surface area (Å²) in [4.78, 5) is 9.18. The van der Waals surface area contributed by atoms with Gasteiger partial charge in [-0.3, -0.25) is 0 Å². The fraction of sp³-hybridized carbons (Fsp3) is 0.0769. The van der Waals surface area contributed by atoms with E-state index >= 15 is 0 Å². The molecule has 3 aromatic rings. The topological polar surface area (TPSA) is 25.8 Å². The number of rotatable bonds is 1. The van der Waals surface area contributed by atoms with Gasteiger partial charge in [0.25, 0.3) is 0 Å². The van der Waals surface area contributed by atoms with E-state index in [0.717, 1.165) is 27.4 Å². The minimum atomic E-state index is 0.845. The molecule has 0 aliphatic rings. The quantitative estimate of drug-likeness (QED) is 0.499. The van der Waals surface area contributed by atoms with Crippen molar-refractivity contribution in [2.75, 3.05) is 0 Å². The summed E-state index contributed by atoms with van der Waals surface area (Å²) in [6, 6.07) is 14.1. The zero-order valence-corrected chi connectivity index (χ0v) is 10.1. The molecule has 16 heavy (non-hydrogen) atoms. The standard InChI is InChI=1S/C13H9BrN2/c14-8-9-5-6-12-13(7-9)16-11-4-2-1-3-10(11)15-12/h1-7H,8H2.